The Kier molecular flexibility index (Phi) is 5.02. The van der Waals surface area contributed by atoms with E-state index < -0.39 is 0 Å². The third-order valence-corrected chi connectivity index (χ3v) is 1.84. The highest BCUT2D eigenvalue weighted by atomic mass is 14.7. The van der Waals surface area contributed by atoms with Gasteiger partial charge in [0.1, 0.15) is 0 Å². The lowest BCUT2D eigenvalue weighted by molar-refractivity contribution is 1.37. The van der Waals surface area contributed by atoms with E-state index in [0.29, 0.717) is 0 Å². The molecule has 0 aromatic heterocycles. The molecule has 0 spiro atoms. The Balaban J connectivity index is 4.76. The summed E-state index contributed by atoms with van der Waals surface area (Å²) < 4.78 is 0. The van der Waals surface area contributed by atoms with Crippen LogP contribution in [0.5, 0.6) is 0 Å². The van der Waals surface area contributed by atoms with Gasteiger partial charge in [-0.25, -0.2) is 0 Å². The van der Waals surface area contributed by atoms with E-state index >= 15 is 0 Å². The van der Waals surface area contributed by atoms with Crippen molar-refractivity contribution in [3.05, 3.63) is 36.1 Å². The van der Waals surface area contributed by atoms with Crippen molar-refractivity contribution < 1.29 is 0 Å². The fraction of sp³-hybridized carbons (Fsp3) is 0.364. The van der Waals surface area contributed by atoms with E-state index in [1.54, 1.807) is 6.20 Å². The molecule has 0 unspecified atom stereocenters. The van der Waals surface area contributed by atoms with E-state index in [0.717, 1.165) is 5.71 Å². The molecular formula is C11H17N. The van der Waals surface area contributed by atoms with Crippen LogP contribution in [0.4, 0.5) is 0 Å². The maximum absolute atomic E-state index is 4.12. The van der Waals surface area contributed by atoms with E-state index in [2.05, 4.69) is 31.5 Å². The third-order valence-electron chi connectivity index (χ3n) is 1.84. The van der Waals surface area contributed by atoms with E-state index in [-0.39, 0.29) is 0 Å². The molecule has 0 N–H and O–H groups in total. The maximum Gasteiger partial charge on any atom is 0.0404 e. The molecule has 0 aromatic rings. The van der Waals surface area contributed by atoms with Crippen molar-refractivity contribution in [2.75, 3.05) is 0 Å². The normalized spacial score (nSPS) is 14.8. The van der Waals surface area contributed by atoms with Crippen molar-refractivity contribution in [1.29, 1.82) is 0 Å². The lowest BCUT2D eigenvalue weighted by atomic mass is 10.1. The van der Waals surface area contributed by atoms with Crippen LogP contribution in [0.15, 0.2) is 41.1 Å². The topological polar surface area (TPSA) is 12.4 Å². The van der Waals surface area contributed by atoms with Crippen molar-refractivity contribution in [3.8, 4) is 0 Å². The molecule has 0 aliphatic carbocycles. The Morgan fingerprint density at radius 1 is 1.25 bits per heavy atom. The Hall–Kier alpha value is -1.11. The van der Waals surface area contributed by atoms with Crippen molar-refractivity contribution in [2.24, 2.45) is 4.99 Å². The molecule has 0 atom stereocenters. The molecule has 12 heavy (non-hydrogen) atoms. The summed E-state index contributed by atoms with van der Waals surface area (Å²) in [7, 11) is 0. The Bertz CT molecular complexity index is 242. The van der Waals surface area contributed by atoms with Crippen LogP contribution in [0.2, 0.25) is 0 Å². The zero-order valence-corrected chi connectivity index (χ0v) is 8.39. The van der Waals surface area contributed by atoms with Gasteiger partial charge < -0.3 is 0 Å². The van der Waals surface area contributed by atoms with Gasteiger partial charge in [0.15, 0.2) is 0 Å². The molecule has 66 valence electrons. The fourth-order valence-electron chi connectivity index (χ4n) is 0.894. The predicted octanol–water partition coefficient (Wildman–Crippen LogP) is 3.50. The van der Waals surface area contributed by atoms with Crippen LogP contribution in [0, 0.1) is 0 Å². The third kappa shape index (κ3) is 3.33. The van der Waals surface area contributed by atoms with E-state index in [9.17, 15) is 0 Å². The molecule has 0 saturated carbocycles. The van der Waals surface area contributed by atoms with Crippen LogP contribution in [-0.4, -0.2) is 5.71 Å². The van der Waals surface area contributed by atoms with Crippen LogP contribution in [0.1, 0.15) is 27.7 Å². The first-order valence-corrected chi connectivity index (χ1v) is 4.09. The van der Waals surface area contributed by atoms with Crippen molar-refractivity contribution in [2.45, 2.75) is 27.7 Å². The number of hydrogen-bond donors (Lipinski definition) is 0. The molecule has 0 aliphatic rings. The van der Waals surface area contributed by atoms with E-state index in [4.69, 9.17) is 0 Å². The minimum atomic E-state index is 1.03. The second-order valence-corrected chi connectivity index (χ2v) is 2.71. The van der Waals surface area contributed by atoms with Gasteiger partial charge in [0, 0.05) is 11.9 Å². The maximum atomic E-state index is 4.12. The van der Waals surface area contributed by atoms with Gasteiger partial charge in [-0.1, -0.05) is 18.7 Å². The monoisotopic (exact) mass is 163 g/mol. The summed E-state index contributed by atoms with van der Waals surface area (Å²) in [6.45, 7) is 11.7. The smallest absolute Gasteiger partial charge is 0.0404 e. The highest BCUT2D eigenvalue weighted by Gasteiger charge is 1.95. The molecule has 0 aliphatic heterocycles. The SMILES string of the molecule is C=C\N=C(C)/C(C)=C(C)/C=C\C. The lowest BCUT2D eigenvalue weighted by Gasteiger charge is -2.01. The van der Waals surface area contributed by atoms with E-state index in [1.807, 2.05) is 19.9 Å². The first-order valence-electron chi connectivity index (χ1n) is 4.09. The summed E-state index contributed by atoms with van der Waals surface area (Å²) in [4.78, 5) is 4.12. The van der Waals surface area contributed by atoms with Gasteiger partial charge in [0.25, 0.3) is 0 Å². The summed E-state index contributed by atoms with van der Waals surface area (Å²) in [6, 6.07) is 0. The number of nitrogens with zero attached hydrogens (tertiary/aromatic N) is 1. The minimum Gasteiger partial charge on any atom is -0.262 e. The largest absolute Gasteiger partial charge is 0.262 e. The first kappa shape index (κ1) is 10.9. The molecule has 0 amide bonds. The number of hydrogen-bond acceptors (Lipinski definition) is 1. The Labute approximate surface area is 75.2 Å². The molecule has 1 nitrogen and oxygen atoms in total. The summed E-state index contributed by atoms with van der Waals surface area (Å²) in [6.07, 6.45) is 5.68. The van der Waals surface area contributed by atoms with Gasteiger partial charge in [-0.3, -0.25) is 4.99 Å². The zero-order valence-electron chi connectivity index (χ0n) is 8.39. The van der Waals surface area contributed by atoms with Crippen LogP contribution in [0.3, 0.4) is 0 Å². The molecule has 1 heteroatoms. The quantitative estimate of drug-likeness (QED) is 0.446. The highest BCUT2D eigenvalue weighted by molar-refractivity contribution is 5.99. The molecule has 0 aromatic carbocycles. The van der Waals surface area contributed by atoms with Gasteiger partial charge in [-0.2, -0.15) is 0 Å². The molecular weight excluding hydrogens is 146 g/mol. The molecule has 0 radical (unpaired) electrons. The van der Waals surface area contributed by atoms with Crippen LogP contribution >= 0.6 is 0 Å². The molecule has 0 bridgehead atoms. The van der Waals surface area contributed by atoms with Crippen LogP contribution in [-0.2, 0) is 0 Å². The zero-order chi connectivity index (χ0) is 9.56. The average molecular weight is 163 g/mol. The van der Waals surface area contributed by atoms with Gasteiger partial charge in [0.2, 0.25) is 0 Å². The molecule has 0 fully saturated rings. The second kappa shape index (κ2) is 5.53. The van der Waals surface area contributed by atoms with Gasteiger partial charge in [-0.05, 0) is 38.8 Å². The summed E-state index contributed by atoms with van der Waals surface area (Å²) in [5.74, 6) is 0. The molecule has 0 rings (SSSR count). The predicted molar refractivity (Wildman–Crippen MR) is 56.5 cm³/mol. The standard InChI is InChI=1S/C11H17N/c1-6-8-9(3)10(4)11(5)12-7-2/h6-8H,2H2,1,3-5H3/b8-6-,10-9+,12-11-. The number of aliphatic imine (C=N–C) groups is 1. The molecule has 0 saturated heterocycles. The number of rotatable bonds is 3. The van der Waals surface area contributed by atoms with Crippen molar-refractivity contribution in [1.82, 2.24) is 0 Å². The Morgan fingerprint density at radius 3 is 2.25 bits per heavy atom. The van der Waals surface area contributed by atoms with Gasteiger partial charge in [0.05, 0.1) is 0 Å². The number of allylic oxidation sites excluding steroid dienone is 4. The van der Waals surface area contributed by atoms with Gasteiger partial charge >= 0.3 is 0 Å². The second-order valence-electron chi connectivity index (χ2n) is 2.71. The first-order chi connectivity index (χ1) is 5.63. The lowest BCUT2D eigenvalue weighted by Crippen LogP contribution is -1.94. The molecule has 0 heterocycles. The van der Waals surface area contributed by atoms with Crippen LogP contribution < -0.4 is 0 Å². The minimum absolute atomic E-state index is 1.03. The fourth-order valence-corrected chi connectivity index (χ4v) is 0.894. The van der Waals surface area contributed by atoms with Crippen molar-refractivity contribution >= 4 is 5.71 Å². The van der Waals surface area contributed by atoms with Crippen molar-refractivity contribution in [3.63, 3.8) is 0 Å². The summed E-state index contributed by atoms with van der Waals surface area (Å²) >= 11 is 0. The van der Waals surface area contributed by atoms with E-state index in [1.165, 1.54) is 11.1 Å². The van der Waals surface area contributed by atoms with Crippen LogP contribution in [0.25, 0.3) is 0 Å². The summed E-state index contributed by atoms with van der Waals surface area (Å²) in [5, 5.41) is 0. The average Bonchev–Trinajstić information content (AvgIpc) is 2.04. The highest BCUT2D eigenvalue weighted by Crippen LogP contribution is 2.07. The Morgan fingerprint density at radius 2 is 1.83 bits per heavy atom. The summed E-state index contributed by atoms with van der Waals surface area (Å²) in [5.41, 5.74) is 3.49. The van der Waals surface area contributed by atoms with Gasteiger partial charge in [-0.15, -0.1) is 0 Å².